The first-order chi connectivity index (χ1) is 14.0. The fourth-order valence-corrected chi connectivity index (χ4v) is 3.19. The van der Waals surface area contributed by atoms with Gasteiger partial charge in [0.05, 0.1) is 12.6 Å². The zero-order chi connectivity index (χ0) is 21.2. The summed E-state index contributed by atoms with van der Waals surface area (Å²) in [7, 11) is 0. The molecule has 0 aromatic heterocycles. The molecule has 1 aromatic carbocycles. The molecule has 0 bridgehead atoms. The lowest BCUT2D eigenvalue weighted by Gasteiger charge is -2.31. The molecule has 1 N–H and O–H groups in total. The fraction of sp³-hybridized carbons (Fsp3) is 0.455. The van der Waals surface area contributed by atoms with Gasteiger partial charge in [-0.25, -0.2) is 4.79 Å². The Labute approximate surface area is 171 Å². The molecule has 7 nitrogen and oxygen atoms in total. The molecule has 1 aromatic rings. The molecular weight excluding hydrogens is 372 g/mol. The number of carbonyl (C=O) groups excluding carboxylic acids is 4. The number of ether oxygens (including phenoxy) is 1. The van der Waals surface area contributed by atoms with Crippen molar-refractivity contribution in [3.63, 3.8) is 0 Å². The van der Waals surface area contributed by atoms with Gasteiger partial charge in [0.1, 0.15) is 0 Å². The number of hydrogen-bond acceptors (Lipinski definition) is 5. The normalized spacial score (nSPS) is 15.7. The fourth-order valence-electron chi connectivity index (χ4n) is 3.19. The van der Waals surface area contributed by atoms with Crippen molar-refractivity contribution in [2.24, 2.45) is 5.92 Å². The summed E-state index contributed by atoms with van der Waals surface area (Å²) in [5.74, 6) is -2.30. The number of nitrogens with zero attached hydrogens (tertiary/aromatic N) is 1. The van der Waals surface area contributed by atoms with Crippen molar-refractivity contribution >= 4 is 29.6 Å². The third-order valence-corrected chi connectivity index (χ3v) is 4.91. The molecule has 7 heteroatoms. The van der Waals surface area contributed by atoms with E-state index in [0.717, 1.165) is 5.56 Å². The van der Waals surface area contributed by atoms with Crippen LogP contribution in [0.4, 0.5) is 0 Å². The molecule has 1 saturated heterocycles. The van der Waals surface area contributed by atoms with Gasteiger partial charge in [-0.1, -0.05) is 37.3 Å². The van der Waals surface area contributed by atoms with Gasteiger partial charge in [-0.15, -0.1) is 0 Å². The lowest BCUT2D eigenvalue weighted by Crippen LogP contribution is -2.48. The van der Waals surface area contributed by atoms with Crippen LogP contribution in [0.5, 0.6) is 0 Å². The Morgan fingerprint density at radius 2 is 1.79 bits per heavy atom. The minimum Gasteiger partial charge on any atom is -0.460 e. The Morgan fingerprint density at radius 3 is 2.38 bits per heavy atom. The van der Waals surface area contributed by atoms with Crippen LogP contribution < -0.4 is 5.32 Å². The average Bonchev–Trinajstić information content (AvgIpc) is 2.76. The molecule has 1 fully saturated rings. The second-order valence-corrected chi connectivity index (χ2v) is 6.90. The van der Waals surface area contributed by atoms with Gasteiger partial charge in [-0.3, -0.25) is 14.4 Å². The monoisotopic (exact) mass is 400 g/mol. The van der Waals surface area contributed by atoms with Gasteiger partial charge < -0.3 is 15.0 Å². The van der Waals surface area contributed by atoms with E-state index < -0.39 is 17.8 Å². The maximum atomic E-state index is 12.5. The molecule has 1 atom stereocenters. The Kier molecular flexibility index (Phi) is 8.58. The number of amides is 2. The smallest absolute Gasteiger partial charge is 0.376 e. The Morgan fingerprint density at radius 1 is 1.14 bits per heavy atom. The number of benzene rings is 1. The Bertz CT molecular complexity index is 752. The van der Waals surface area contributed by atoms with Crippen LogP contribution in [0.2, 0.25) is 0 Å². The minimum absolute atomic E-state index is 0.0864. The largest absolute Gasteiger partial charge is 0.460 e. The van der Waals surface area contributed by atoms with Gasteiger partial charge in [0.2, 0.25) is 11.8 Å². The van der Waals surface area contributed by atoms with Crippen molar-refractivity contribution in [1.82, 2.24) is 10.2 Å². The highest BCUT2D eigenvalue weighted by Crippen LogP contribution is 2.18. The topological polar surface area (TPSA) is 92.8 Å². The SMILES string of the molecule is CCOC(=O)C(=O)C(CC)NC(=O)C1CCN(C(=O)/C=C/c2ccccc2)CC1. The Balaban J connectivity index is 1.83. The van der Waals surface area contributed by atoms with E-state index in [0.29, 0.717) is 32.4 Å². The predicted octanol–water partition coefficient (Wildman–Crippen LogP) is 1.97. The highest BCUT2D eigenvalue weighted by Gasteiger charge is 2.31. The first-order valence-electron chi connectivity index (χ1n) is 9.99. The molecule has 1 unspecified atom stereocenters. The van der Waals surface area contributed by atoms with E-state index in [1.165, 1.54) is 0 Å². The van der Waals surface area contributed by atoms with Gasteiger partial charge in [-0.2, -0.15) is 0 Å². The lowest BCUT2D eigenvalue weighted by molar-refractivity contribution is -0.154. The molecule has 29 heavy (non-hydrogen) atoms. The average molecular weight is 400 g/mol. The zero-order valence-corrected chi connectivity index (χ0v) is 16.9. The molecule has 0 radical (unpaired) electrons. The zero-order valence-electron chi connectivity index (χ0n) is 16.9. The van der Waals surface area contributed by atoms with Crippen LogP contribution in [-0.4, -0.2) is 54.2 Å². The van der Waals surface area contributed by atoms with E-state index in [1.54, 1.807) is 30.9 Å². The van der Waals surface area contributed by atoms with Crippen molar-refractivity contribution in [2.45, 2.75) is 39.2 Å². The van der Waals surface area contributed by atoms with E-state index in [1.807, 2.05) is 30.3 Å². The number of nitrogens with one attached hydrogen (secondary N) is 1. The van der Waals surface area contributed by atoms with Crippen molar-refractivity contribution < 1.29 is 23.9 Å². The Hall–Kier alpha value is -2.96. The van der Waals surface area contributed by atoms with Gasteiger partial charge in [0.15, 0.2) is 0 Å². The number of rotatable bonds is 8. The number of Topliss-reactive ketones (excluding diaryl/α,β-unsaturated/α-hetero) is 1. The van der Waals surface area contributed by atoms with Crippen molar-refractivity contribution in [2.75, 3.05) is 19.7 Å². The highest BCUT2D eigenvalue weighted by atomic mass is 16.5. The maximum Gasteiger partial charge on any atom is 0.376 e. The van der Waals surface area contributed by atoms with Crippen LogP contribution in [0.3, 0.4) is 0 Å². The number of piperidine rings is 1. The summed E-state index contributed by atoms with van der Waals surface area (Å²) >= 11 is 0. The molecule has 1 aliphatic heterocycles. The molecule has 2 rings (SSSR count). The number of esters is 1. The van der Waals surface area contributed by atoms with Crippen molar-refractivity contribution in [3.05, 3.63) is 42.0 Å². The number of ketones is 1. The van der Waals surface area contributed by atoms with Crippen molar-refractivity contribution in [3.8, 4) is 0 Å². The lowest BCUT2D eigenvalue weighted by atomic mass is 9.95. The summed E-state index contributed by atoms with van der Waals surface area (Å²) in [6.45, 7) is 4.40. The summed E-state index contributed by atoms with van der Waals surface area (Å²) in [5.41, 5.74) is 0.951. The van der Waals surface area contributed by atoms with E-state index in [4.69, 9.17) is 4.74 Å². The van der Waals surface area contributed by atoms with Gasteiger partial charge in [-0.05, 0) is 37.8 Å². The summed E-state index contributed by atoms with van der Waals surface area (Å²) < 4.78 is 4.72. The van der Waals surface area contributed by atoms with Gasteiger partial charge in [0, 0.05) is 25.1 Å². The molecule has 2 amide bonds. The quantitative estimate of drug-likeness (QED) is 0.409. The minimum atomic E-state index is -0.926. The molecule has 1 aliphatic rings. The third-order valence-electron chi connectivity index (χ3n) is 4.91. The summed E-state index contributed by atoms with van der Waals surface area (Å²) in [4.78, 5) is 50.2. The van der Waals surface area contributed by atoms with E-state index >= 15 is 0 Å². The van der Waals surface area contributed by atoms with Crippen LogP contribution >= 0.6 is 0 Å². The van der Waals surface area contributed by atoms with Crippen molar-refractivity contribution in [1.29, 1.82) is 0 Å². The standard InChI is InChI=1S/C22H28N2O5/c1-3-18(20(26)22(28)29-4-2)23-21(27)17-12-14-24(15-13-17)19(25)11-10-16-8-6-5-7-9-16/h5-11,17-18H,3-4,12-15H2,1-2H3,(H,23,27)/b11-10+. The number of carbonyl (C=O) groups is 4. The van der Waals surface area contributed by atoms with Crippen LogP contribution in [0.25, 0.3) is 6.08 Å². The van der Waals surface area contributed by atoms with Crippen LogP contribution in [0.1, 0.15) is 38.7 Å². The van der Waals surface area contributed by atoms with E-state index in [9.17, 15) is 19.2 Å². The molecule has 1 heterocycles. The summed E-state index contributed by atoms with van der Waals surface area (Å²) in [6.07, 6.45) is 4.65. The van der Waals surface area contributed by atoms with Gasteiger partial charge >= 0.3 is 5.97 Å². The molecule has 156 valence electrons. The highest BCUT2D eigenvalue weighted by molar-refractivity contribution is 6.36. The molecule has 0 saturated carbocycles. The van der Waals surface area contributed by atoms with E-state index in [2.05, 4.69) is 5.32 Å². The predicted molar refractivity (Wildman–Crippen MR) is 109 cm³/mol. The first-order valence-corrected chi connectivity index (χ1v) is 9.99. The van der Waals surface area contributed by atoms with E-state index in [-0.39, 0.29) is 24.3 Å². The second-order valence-electron chi connectivity index (χ2n) is 6.90. The molecule has 0 aliphatic carbocycles. The second kappa shape index (κ2) is 11.1. The molecular formula is C22H28N2O5. The van der Waals surface area contributed by atoms with Crippen LogP contribution in [-0.2, 0) is 23.9 Å². The number of likely N-dealkylation sites (tertiary alicyclic amines) is 1. The number of hydrogen-bond donors (Lipinski definition) is 1. The first kappa shape index (κ1) is 22.3. The molecule has 0 spiro atoms. The summed E-state index contributed by atoms with van der Waals surface area (Å²) in [6, 6.07) is 8.69. The third kappa shape index (κ3) is 6.55. The maximum absolute atomic E-state index is 12.5. The van der Waals surface area contributed by atoms with Crippen LogP contribution in [0.15, 0.2) is 36.4 Å². The van der Waals surface area contributed by atoms with Gasteiger partial charge in [0.25, 0.3) is 5.78 Å². The summed E-state index contributed by atoms with van der Waals surface area (Å²) in [5, 5.41) is 2.66. The van der Waals surface area contributed by atoms with Crippen LogP contribution in [0, 0.1) is 5.92 Å².